The van der Waals surface area contributed by atoms with Crippen LogP contribution in [0.5, 0.6) is 5.75 Å². The number of nitrogens with zero attached hydrogens (tertiary/aromatic N) is 1. The van der Waals surface area contributed by atoms with Gasteiger partial charge in [-0.05, 0) is 44.4 Å². The molecule has 2 rings (SSSR count). The van der Waals surface area contributed by atoms with Gasteiger partial charge in [0.05, 0.1) is 12.4 Å². The molecule has 0 spiro atoms. The molecule has 1 aliphatic rings. The monoisotopic (exact) mass is 425 g/mol. The summed E-state index contributed by atoms with van der Waals surface area (Å²) >= 11 is 0. The highest BCUT2D eigenvalue weighted by molar-refractivity contribution is 7.88. The lowest BCUT2D eigenvalue weighted by Crippen LogP contribution is -2.56. The zero-order valence-corrected chi connectivity index (χ0v) is 18.3. The Labute approximate surface area is 173 Å². The molecule has 1 saturated heterocycles. The van der Waals surface area contributed by atoms with Gasteiger partial charge in [-0.25, -0.2) is 8.42 Å². The van der Waals surface area contributed by atoms with Crippen molar-refractivity contribution in [2.24, 2.45) is 0 Å². The van der Waals surface area contributed by atoms with E-state index in [1.165, 1.54) is 11.4 Å². The van der Waals surface area contributed by atoms with Gasteiger partial charge in [0.1, 0.15) is 17.8 Å². The molecule has 2 amide bonds. The average molecular weight is 426 g/mol. The lowest BCUT2D eigenvalue weighted by molar-refractivity contribution is -0.131. The van der Waals surface area contributed by atoms with Crippen LogP contribution in [0.2, 0.25) is 0 Å². The Morgan fingerprint density at radius 2 is 1.86 bits per heavy atom. The topological polar surface area (TPSA) is 105 Å². The van der Waals surface area contributed by atoms with Gasteiger partial charge in [-0.1, -0.05) is 18.6 Å². The fourth-order valence-electron chi connectivity index (χ4n) is 3.43. The summed E-state index contributed by atoms with van der Waals surface area (Å²) in [5.41, 5.74) is 0.860. The molecule has 9 heteroatoms. The van der Waals surface area contributed by atoms with E-state index in [9.17, 15) is 18.0 Å². The van der Waals surface area contributed by atoms with Gasteiger partial charge in [0.25, 0.3) is 0 Å². The summed E-state index contributed by atoms with van der Waals surface area (Å²) < 4.78 is 30.9. The molecule has 0 aromatic heterocycles. The second-order valence-electron chi connectivity index (χ2n) is 7.58. The Balaban J connectivity index is 2.12. The fourth-order valence-corrected chi connectivity index (χ4v) is 4.55. The fraction of sp³-hybridized carbons (Fsp3) is 0.600. The van der Waals surface area contributed by atoms with Crippen molar-refractivity contribution in [1.29, 1.82) is 0 Å². The predicted molar refractivity (Wildman–Crippen MR) is 111 cm³/mol. The van der Waals surface area contributed by atoms with E-state index in [-0.39, 0.29) is 12.0 Å². The number of ether oxygens (including phenoxy) is 1. The SMILES string of the molecule is CNC(=O)[C@H](Cc1ccc(OC(C)C)cc1)NC(=O)[C@@H]1CCCCN1S(C)(=O)=O. The minimum Gasteiger partial charge on any atom is -0.491 e. The Hall–Kier alpha value is -2.13. The van der Waals surface area contributed by atoms with Crippen molar-refractivity contribution in [3.05, 3.63) is 29.8 Å². The molecule has 1 aliphatic heterocycles. The van der Waals surface area contributed by atoms with Gasteiger partial charge in [-0.2, -0.15) is 4.31 Å². The number of hydrogen-bond acceptors (Lipinski definition) is 5. The smallest absolute Gasteiger partial charge is 0.242 e. The Morgan fingerprint density at radius 1 is 1.21 bits per heavy atom. The minimum absolute atomic E-state index is 0.0621. The maximum absolute atomic E-state index is 12.8. The van der Waals surface area contributed by atoms with Crippen LogP contribution in [0.3, 0.4) is 0 Å². The first-order valence-electron chi connectivity index (χ1n) is 9.86. The van der Waals surface area contributed by atoms with E-state index in [2.05, 4.69) is 10.6 Å². The molecule has 1 aromatic carbocycles. The van der Waals surface area contributed by atoms with Crippen molar-refractivity contribution >= 4 is 21.8 Å². The number of carbonyl (C=O) groups is 2. The Kier molecular flexibility index (Phi) is 8.04. The van der Waals surface area contributed by atoms with Crippen molar-refractivity contribution < 1.29 is 22.7 Å². The van der Waals surface area contributed by atoms with E-state index < -0.39 is 28.0 Å². The number of amides is 2. The lowest BCUT2D eigenvalue weighted by atomic mass is 10.0. The second kappa shape index (κ2) is 10.1. The molecule has 2 atom stereocenters. The van der Waals surface area contributed by atoms with Crippen molar-refractivity contribution in [3.8, 4) is 5.75 Å². The highest BCUT2D eigenvalue weighted by Gasteiger charge is 2.36. The molecular weight excluding hydrogens is 394 g/mol. The molecule has 8 nitrogen and oxygen atoms in total. The number of hydrogen-bond donors (Lipinski definition) is 2. The number of piperidine rings is 1. The highest BCUT2D eigenvalue weighted by atomic mass is 32.2. The molecule has 0 bridgehead atoms. The molecule has 0 aliphatic carbocycles. The third-order valence-electron chi connectivity index (χ3n) is 4.80. The van der Waals surface area contributed by atoms with Crippen LogP contribution in [-0.2, 0) is 26.0 Å². The van der Waals surface area contributed by atoms with E-state index >= 15 is 0 Å². The molecule has 2 N–H and O–H groups in total. The first-order chi connectivity index (χ1) is 13.6. The van der Waals surface area contributed by atoms with Gasteiger partial charge in [0.15, 0.2) is 0 Å². The number of carbonyl (C=O) groups excluding carboxylic acids is 2. The van der Waals surface area contributed by atoms with Crippen molar-refractivity contribution in [2.75, 3.05) is 19.8 Å². The maximum Gasteiger partial charge on any atom is 0.242 e. The van der Waals surface area contributed by atoms with E-state index in [0.717, 1.165) is 30.4 Å². The summed E-state index contributed by atoms with van der Waals surface area (Å²) in [6.45, 7) is 4.20. The van der Waals surface area contributed by atoms with Crippen LogP contribution >= 0.6 is 0 Å². The van der Waals surface area contributed by atoms with Crippen LogP contribution in [0.25, 0.3) is 0 Å². The Bertz CT molecular complexity index is 808. The summed E-state index contributed by atoms with van der Waals surface area (Å²) in [5.74, 6) is -0.0404. The number of nitrogens with one attached hydrogen (secondary N) is 2. The third-order valence-corrected chi connectivity index (χ3v) is 6.09. The first kappa shape index (κ1) is 23.2. The largest absolute Gasteiger partial charge is 0.491 e. The van der Waals surface area contributed by atoms with Gasteiger partial charge in [0, 0.05) is 20.0 Å². The van der Waals surface area contributed by atoms with Gasteiger partial charge in [-0.15, -0.1) is 0 Å². The third kappa shape index (κ3) is 6.71. The van der Waals surface area contributed by atoms with E-state index in [1.54, 1.807) is 0 Å². The number of benzene rings is 1. The quantitative estimate of drug-likeness (QED) is 0.648. The number of rotatable bonds is 8. The highest BCUT2D eigenvalue weighted by Crippen LogP contribution is 2.20. The van der Waals surface area contributed by atoms with Gasteiger partial charge in [-0.3, -0.25) is 9.59 Å². The van der Waals surface area contributed by atoms with Crippen LogP contribution in [0.4, 0.5) is 0 Å². The van der Waals surface area contributed by atoms with Crippen molar-refractivity contribution in [2.45, 2.75) is 57.7 Å². The van der Waals surface area contributed by atoms with Crippen LogP contribution in [0.15, 0.2) is 24.3 Å². The van der Waals surface area contributed by atoms with Crippen molar-refractivity contribution in [1.82, 2.24) is 14.9 Å². The van der Waals surface area contributed by atoms with Gasteiger partial charge >= 0.3 is 0 Å². The summed E-state index contributed by atoms with van der Waals surface area (Å²) in [6.07, 6.45) is 3.40. The summed E-state index contributed by atoms with van der Waals surface area (Å²) in [6, 6.07) is 5.77. The van der Waals surface area contributed by atoms with Gasteiger partial charge in [0.2, 0.25) is 21.8 Å². The molecular formula is C20H31N3O5S. The lowest BCUT2D eigenvalue weighted by Gasteiger charge is -2.33. The maximum atomic E-state index is 12.8. The molecule has 0 unspecified atom stereocenters. The number of sulfonamides is 1. The van der Waals surface area contributed by atoms with E-state index in [4.69, 9.17) is 4.74 Å². The van der Waals surface area contributed by atoms with Crippen LogP contribution in [0, 0.1) is 0 Å². The molecule has 0 saturated carbocycles. The Morgan fingerprint density at radius 3 is 2.41 bits per heavy atom. The normalized spacial score (nSPS) is 18.9. The second-order valence-corrected chi connectivity index (χ2v) is 9.51. The summed E-state index contributed by atoms with van der Waals surface area (Å²) in [4.78, 5) is 25.2. The van der Waals surface area contributed by atoms with Crippen LogP contribution in [-0.4, -0.2) is 62.6 Å². The molecule has 1 aromatic rings. The molecule has 1 heterocycles. The first-order valence-corrected chi connectivity index (χ1v) is 11.7. The molecule has 29 heavy (non-hydrogen) atoms. The van der Waals surface area contributed by atoms with E-state index in [1.807, 2.05) is 38.1 Å². The molecule has 1 fully saturated rings. The zero-order chi connectivity index (χ0) is 21.6. The van der Waals surface area contributed by atoms with Crippen molar-refractivity contribution in [3.63, 3.8) is 0 Å². The van der Waals surface area contributed by atoms with Gasteiger partial charge < -0.3 is 15.4 Å². The predicted octanol–water partition coefficient (Wildman–Crippen LogP) is 1.06. The summed E-state index contributed by atoms with van der Waals surface area (Å²) in [5, 5.41) is 5.31. The van der Waals surface area contributed by atoms with E-state index in [0.29, 0.717) is 19.4 Å². The standard InChI is InChI=1S/C20H31N3O5S/c1-14(2)28-16-10-8-15(9-11-16)13-17(19(24)21-3)22-20(25)18-7-5-6-12-23(18)29(4,26)27/h8-11,14,17-18H,5-7,12-13H2,1-4H3,(H,21,24)(H,22,25)/t17-,18-/m0/s1. The zero-order valence-electron chi connectivity index (χ0n) is 17.5. The van der Waals surface area contributed by atoms with Crippen LogP contribution < -0.4 is 15.4 Å². The average Bonchev–Trinajstić information content (AvgIpc) is 2.67. The minimum atomic E-state index is -3.50. The summed E-state index contributed by atoms with van der Waals surface area (Å²) in [7, 11) is -1.99. The van der Waals surface area contributed by atoms with Crippen LogP contribution in [0.1, 0.15) is 38.7 Å². The molecule has 0 radical (unpaired) electrons. The molecule has 162 valence electrons. The number of likely N-dealkylation sites (N-methyl/N-ethyl adjacent to an activating group) is 1.